The van der Waals surface area contributed by atoms with Crippen molar-refractivity contribution in [3.05, 3.63) is 117 Å². The monoisotopic (exact) mass is 1520 g/mol. The number of alkyl halides is 48. The van der Waals surface area contributed by atoms with Crippen molar-refractivity contribution in [2.45, 2.75) is 146 Å². The van der Waals surface area contributed by atoms with Gasteiger partial charge in [0.05, 0.1) is 0 Å². The molecule has 0 atom stereocenters. The maximum atomic E-state index is 14.9. The minimum atomic E-state index is -8.12. The summed E-state index contributed by atoms with van der Waals surface area (Å²) >= 11 is 0. The average molecular weight is 1520 g/mol. The van der Waals surface area contributed by atoms with E-state index in [0.717, 1.165) is 0 Å². The summed E-state index contributed by atoms with van der Waals surface area (Å²) in [7, 11) is 0. The van der Waals surface area contributed by atoms with Crippen molar-refractivity contribution < 1.29 is 211 Å². The predicted molar refractivity (Wildman–Crippen MR) is 229 cm³/mol. The summed E-state index contributed by atoms with van der Waals surface area (Å²) in [5.74, 6) is -50.5. The Morgan fingerprint density at radius 2 is 0.206 bits per heavy atom. The fourth-order valence-electron chi connectivity index (χ4n) is 10.8. The molecule has 0 aromatic heterocycles. The van der Waals surface area contributed by atoms with Gasteiger partial charge in [-0.2, -0.15) is 233 Å². The lowest BCUT2D eigenvalue weighted by atomic mass is 9.12. The lowest BCUT2D eigenvalue weighted by molar-refractivity contribution is -0.256. The van der Waals surface area contributed by atoms with Gasteiger partial charge in [0.15, 0.2) is 47.3 Å². The first kappa shape index (κ1) is 83.0. The first-order valence-electron chi connectivity index (χ1n) is 24.1. The Morgan fingerprint density at radius 3 is 0.268 bits per heavy atom. The summed E-state index contributed by atoms with van der Waals surface area (Å²) in [5.41, 5.74) is -47.2. The van der Waals surface area contributed by atoms with E-state index in [2.05, 4.69) is 0 Å². The molecule has 0 heterocycles. The average Bonchev–Trinajstić information content (AvgIpc) is 0.702. The van der Waals surface area contributed by atoms with Crippen LogP contribution in [0.15, 0.2) is 72.8 Å². The molecule has 0 nitrogen and oxygen atoms in total. The van der Waals surface area contributed by atoms with Gasteiger partial charge in [0.1, 0.15) is 6.15 Å². The molecule has 552 valence electrons. The molecule has 0 aliphatic heterocycles. The topological polar surface area (TPSA) is 0 Å². The van der Waals surface area contributed by atoms with Gasteiger partial charge in [-0.05, 0) is 44.5 Å². The zero-order valence-electron chi connectivity index (χ0n) is 44.3. The molecule has 4 rings (SSSR count). The third-order valence-electron chi connectivity index (χ3n) is 13.9. The van der Waals surface area contributed by atoms with Gasteiger partial charge in [-0.25, -0.2) is 0 Å². The molecule has 0 bridgehead atoms. The van der Waals surface area contributed by atoms with Crippen molar-refractivity contribution >= 4 is 28.0 Å². The molecule has 0 radical (unpaired) electrons. The summed E-state index contributed by atoms with van der Waals surface area (Å²) in [6.07, 6.45) is -132. The third kappa shape index (κ3) is 18.3. The molecule has 4 aromatic carbocycles. The van der Waals surface area contributed by atoms with Crippen LogP contribution in [0.25, 0.3) is 0 Å². The molecular formula is C48H20BF48-. The Balaban J connectivity index is 3.17. The third-order valence-corrected chi connectivity index (χ3v) is 13.9. The van der Waals surface area contributed by atoms with Crippen LogP contribution >= 0.6 is 0 Å². The Bertz CT molecular complexity index is 2630. The molecule has 0 amide bonds. The SMILES string of the molecule is FC(F)(F)C(c1cc(C(C(F)(F)F)C(F)(F)F)cc([B-](c2cc(C(C(F)(F)F)C(F)(F)F)cc(C(C(F)(F)F)C(F)(F)F)c2)(c2cc(C(C(F)(F)F)C(F)(F)F)cc(C(C(F)(F)F)C(F)(F)F)c2)c2cc(C(C(F)(F)F)C(F)(F)F)cc(C(C(F)(F)F)C(F)(F)F)c2)c1)C(F)(F)F. The summed E-state index contributed by atoms with van der Waals surface area (Å²) in [6, 6.07) is -23.3. The highest BCUT2D eigenvalue weighted by molar-refractivity contribution is 7.20. The van der Waals surface area contributed by atoms with E-state index in [1.807, 2.05) is 0 Å². The molecule has 97 heavy (non-hydrogen) atoms. The summed E-state index contributed by atoms with van der Waals surface area (Å²) in [6.45, 7) is 0. The lowest BCUT2D eigenvalue weighted by Gasteiger charge is -2.47. The normalized spacial score (nSPS) is 15.3. The highest BCUT2D eigenvalue weighted by Gasteiger charge is 2.66. The molecule has 0 spiro atoms. The molecule has 0 fully saturated rings. The number of rotatable bonds is 12. The van der Waals surface area contributed by atoms with E-state index in [-0.39, 0.29) is 0 Å². The van der Waals surface area contributed by atoms with Crippen LogP contribution in [-0.4, -0.2) is 105 Å². The molecule has 49 heteroatoms. The van der Waals surface area contributed by atoms with Gasteiger partial charge in [-0.3, -0.25) is 0 Å². The zero-order chi connectivity index (χ0) is 76.5. The van der Waals surface area contributed by atoms with E-state index in [1.165, 1.54) is 0 Å². The van der Waals surface area contributed by atoms with Crippen molar-refractivity contribution in [1.82, 2.24) is 0 Å². The van der Waals surface area contributed by atoms with Crippen LogP contribution < -0.4 is 21.9 Å². The zero-order valence-corrected chi connectivity index (χ0v) is 44.3. The van der Waals surface area contributed by atoms with Crippen LogP contribution in [0.4, 0.5) is 211 Å². The van der Waals surface area contributed by atoms with E-state index in [1.54, 1.807) is 0 Å². The molecule has 0 aliphatic rings. The van der Waals surface area contributed by atoms with Gasteiger partial charge in [0.2, 0.25) is 0 Å². The Hall–Kier alpha value is -6.42. The van der Waals surface area contributed by atoms with Crippen molar-refractivity contribution in [2.75, 3.05) is 0 Å². The fraction of sp³-hybridized carbons (Fsp3) is 0.500. The van der Waals surface area contributed by atoms with Crippen molar-refractivity contribution in [1.29, 1.82) is 0 Å². The molecule has 4 aromatic rings. The van der Waals surface area contributed by atoms with Crippen molar-refractivity contribution in [2.24, 2.45) is 0 Å². The van der Waals surface area contributed by atoms with Crippen LogP contribution in [0.5, 0.6) is 0 Å². The number of halogens is 48. The van der Waals surface area contributed by atoms with E-state index in [9.17, 15) is 211 Å². The number of hydrogen-bond donors (Lipinski definition) is 0. The molecule has 0 aliphatic carbocycles. The number of benzene rings is 4. The Labute approximate surface area is 502 Å². The van der Waals surface area contributed by atoms with Crippen LogP contribution in [0.3, 0.4) is 0 Å². The highest BCUT2D eigenvalue weighted by Crippen LogP contribution is 2.57. The van der Waals surface area contributed by atoms with Gasteiger partial charge >= 0.3 is 98.8 Å². The molecule has 0 saturated carbocycles. The van der Waals surface area contributed by atoms with E-state index in [0.29, 0.717) is 0 Å². The minimum Gasteiger partial charge on any atom is -0.195 e. The van der Waals surface area contributed by atoms with E-state index >= 15 is 0 Å². The second-order valence-corrected chi connectivity index (χ2v) is 20.7. The summed E-state index contributed by atoms with van der Waals surface area (Å²) in [4.78, 5) is 0. The van der Waals surface area contributed by atoms with Gasteiger partial charge < -0.3 is 0 Å². The van der Waals surface area contributed by atoms with Gasteiger partial charge in [0.25, 0.3) is 0 Å². The van der Waals surface area contributed by atoms with Gasteiger partial charge in [0, 0.05) is 0 Å². The van der Waals surface area contributed by atoms with Gasteiger partial charge in [-0.1, -0.05) is 72.8 Å². The van der Waals surface area contributed by atoms with Crippen LogP contribution in [0.1, 0.15) is 91.9 Å². The van der Waals surface area contributed by atoms with Crippen molar-refractivity contribution in [3.63, 3.8) is 0 Å². The Morgan fingerprint density at radius 1 is 0.134 bits per heavy atom. The Kier molecular flexibility index (Phi) is 21.4. The van der Waals surface area contributed by atoms with Crippen LogP contribution in [0.2, 0.25) is 0 Å². The lowest BCUT2D eigenvalue weighted by Crippen LogP contribution is -2.75. The quantitative estimate of drug-likeness (QED) is 0.0980. The smallest absolute Gasteiger partial charge is 0.195 e. The number of hydrogen-bond acceptors (Lipinski definition) is 0. The second kappa shape index (κ2) is 25.0. The molecule has 0 N–H and O–H groups in total. The van der Waals surface area contributed by atoms with E-state index < -0.39 is 291 Å². The molecular weight excluding hydrogens is 1500 g/mol. The first-order chi connectivity index (χ1) is 42.2. The largest absolute Gasteiger partial charge is 0.404 e. The summed E-state index contributed by atoms with van der Waals surface area (Å²) in [5, 5.41) is 0. The van der Waals surface area contributed by atoms with Crippen LogP contribution in [-0.2, 0) is 0 Å². The van der Waals surface area contributed by atoms with E-state index in [4.69, 9.17) is 0 Å². The summed E-state index contributed by atoms with van der Waals surface area (Å²) < 4.78 is 713. The van der Waals surface area contributed by atoms with Gasteiger partial charge in [-0.15, -0.1) is 0 Å². The maximum absolute atomic E-state index is 14.9. The predicted octanol–water partition coefficient (Wildman–Crippen LogP) is 20.7. The maximum Gasteiger partial charge on any atom is 0.404 e. The molecule has 0 saturated heterocycles. The van der Waals surface area contributed by atoms with Crippen LogP contribution in [0, 0.1) is 0 Å². The fourth-order valence-corrected chi connectivity index (χ4v) is 10.8. The molecule has 0 unspecified atom stereocenters. The first-order valence-corrected chi connectivity index (χ1v) is 24.1. The van der Waals surface area contributed by atoms with Crippen molar-refractivity contribution in [3.8, 4) is 0 Å². The standard InChI is InChI=1S/C48H20BF48/c50-33(51,52)25(34(53,54)55)13-1-14(26(35(56,57)58)36(59,60)61)6-21(5-13)49(22-7-15(27(37(62,63)64)38(65,66)67)2-16(8-22)28(39(68,69)70)40(71,72)73,23-9-17(29(41(74,75)76)42(77,78)79)3-18(10-23)30(43(80,81)82)44(83,84)85)24-11-19(31(45(86,87)88)46(89,90)91)4-20(12-24)32(47(92,93)94)48(95,96)97/h1-12,25-32H/q-1. The second-order valence-electron chi connectivity index (χ2n) is 20.7. The highest BCUT2D eigenvalue weighted by atomic mass is 19.5. The minimum absolute atomic E-state index is 1.90.